The molecule has 150 valence electrons. The minimum Gasteiger partial charge on any atom is -0.486 e. The highest BCUT2D eigenvalue weighted by atomic mass is 16.6. The number of anilines is 1. The van der Waals surface area contributed by atoms with Crippen LogP contribution in [-0.2, 0) is 6.54 Å². The maximum atomic E-state index is 12.6. The molecule has 1 aliphatic heterocycles. The van der Waals surface area contributed by atoms with Gasteiger partial charge in [0.1, 0.15) is 13.2 Å². The summed E-state index contributed by atoms with van der Waals surface area (Å²) in [5.74, 6) is 1.21. The van der Waals surface area contributed by atoms with Gasteiger partial charge in [-0.05, 0) is 24.3 Å². The number of para-hydroxylation sites is 1. The smallest absolute Gasteiger partial charge is 0.322 e. The fourth-order valence-electron chi connectivity index (χ4n) is 3.21. The molecule has 4 rings (SSSR count). The van der Waals surface area contributed by atoms with Gasteiger partial charge in [0.05, 0.1) is 18.7 Å². The van der Waals surface area contributed by atoms with E-state index in [0.29, 0.717) is 41.5 Å². The zero-order chi connectivity index (χ0) is 20.2. The molecule has 3 N–H and O–H groups in total. The number of carbonyl (C=O) groups excluding carboxylic acids is 1. The summed E-state index contributed by atoms with van der Waals surface area (Å²) in [6.45, 7) is 0.870. The molecule has 0 saturated heterocycles. The van der Waals surface area contributed by atoms with Gasteiger partial charge in [0.25, 0.3) is 5.56 Å². The van der Waals surface area contributed by atoms with Crippen molar-refractivity contribution >= 4 is 22.6 Å². The van der Waals surface area contributed by atoms with Crippen LogP contribution in [0.4, 0.5) is 10.5 Å². The van der Waals surface area contributed by atoms with Crippen LogP contribution in [0.3, 0.4) is 0 Å². The van der Waals surface area contributed by atoms with Gasteiger partial charge < -0.3 is 29.8 Å². The van der Waals surface area contributed by atoms with Crippen LogP contribution in [-0.4, -0.2) is 47.4 Å². The molecule has 0 spiro atoms. The number of nitrogens with one attached hydrogen (secondary N) is 2. The lowest BCUT2D eigenvalue weighted by Gasteiger charge is -2.22. The maximum Gasteiger partial charge on any atom is 0.322 e. The number of urea groups is 1. The van der Waals surface area contributed by atoms with Crippen molar-refractivity contribution in [3.8, 4) is 11.5 Å². The highest BCUT2D eigenvalue weighted by Crippen LogP contribution is 2.33. The topological polar surface area (TPSA) is 104 Å². The number of amides is 2. The van der Waals surface area contributed by atoms with Crippen LogP contribution >= 0.6 is 0 Å². The van der Waals surface area contributed by atoms with E-state index in [2.05, 4.69) is 10.3 Å². The number of aromatic amines is 1. The lowest BCUT2D eigenvalue weighted by Crippen LogP contribution is -2.38. The van der Waals surface area contributed by atoms with E-state index in [1.165, 1.54) is 4.90 Å². The molecule has 0 radical (unpaired) electrons. The fraction of sp³-hybridized carbons (Fsp3) is 0.238. The number of aliphatic hydroxyl groups is 1. The number of benzene rings is 2. The highest BCUT2D eigenvalue weighted by Gasteiger charge is 2.18. The van der Waals surface area contributed by atoms with E-state index in [1.807, 2.05) is 24.3 Å². The Labute approximate surface area is 166 Å². The van der Waals surface area contributed by atoms with Crippen molar-refractivity contribution in [1.82, 2.24) is 9.88 Å². The first-order valence-corrected chi connectivity index (χ1v) is 9.31. The zero-order valence-corrected chi connectivity index (χ0v) is 15.7. The third-order valence-electron chi connectivity index (χ3n) is 4.63. The van der Waals surface area contributed by atoms with Crippen LogP contribution in [0.25, 0.3) is 10.9 Å². The molecule has 8 nitrogen and oxygen atoms in total. The van der Waals surface area contributed by atoms with E-state index < -0.39 is 6.03 Å². The standard InChI is InChI=1S/C21H21N3O5/c25-7-6-24(21(27)22-16-4-2-1-3-5-16)13-15-10-14-11-18-19(29-9-8-28-18)12-17(14)23-20(15)26/h1-5,10-12,25H,6-9,13H2,(H,22,27)(H,23,26). The molecule has 0 saturated carbocycles. The number of aromatic nitrogens is 1. The van der Waals surface area contributed by atoms with Crippen LogP contribution in [0.15, 0.2) is 53.3 Å². The van der Waals surface area contributed by atoms with E-state index >= 15 is 0 Å². The number of fused-ring (bicyclic) bond motifs is 2. The molecule has 0 bridgehead atoms. The van der Waals surface area contributed by atoms with Gasteiger partial charge in [0, 0.05) is 29.2 Å². The Kier molecular flexibility index (Phi) is 5.35. The summed E-state index contributed by atoms with van der Waals surface area (Å²) in [5.41, 5.74) is 1.37. The number of rotatable bonds is 5. The molecule has 8 heteroatoms. The molecule has 1 aromatic heterocycles. The van der Waals surface area contributed by atoms with Gasteiger partial charge in [-0.15, -0.1) is 0 Å². The average molecular weight is 395 g/mol. The minimum absolute atomic E-state index is 0.0545. The summed E-state index contributed by atoms with van der Waals surface area (Å²) >= 11 is 0. The summed E-state index contributed by atoms with van der Waals surface area (Å²) in [5, 5.41) is 12.9. The van der Waals surface area contributed by atoms with Gasteiger partial charge in [-0.2, -0.15) is 0 Å². The average Bonchev–Trinajstić information content (AvgIpc) is 2.73. The van der Waals surface area contributed by atoms with Crippen molar-refractivity contribution in [2.45, 2.75) is 6.54 Å². The van der Waals surface area contributed by atoms with Gasteiger partial charge in [-0.25, -0.2) is 4.79 Å². The number of ether oxygens (including phenoxy) is 2. The lowest BCUT2D eigenvalue weighted by atomic mass is 10.1. The molecule has 2 amide bonds. The predicted molar refractivity (Wildman–Crippen MR) is 109 cm³/mol. The summed E-state index contributed by atoms with van der Waals surface area (Å²) in [6.07, 6.45) is 0. The molecule has 1 aliphatic rings. The molecule has 2 aromatic carbocycles. The van der Waals surface area contributed by atoms with Crippen molar-refractivity contribution in [2.75, 3.05) is 31.7 Å². The van der Waals surface area contributed by atoms with E-state index in [4.69, 9.17) is 9.47 Å². The van der Waals surface area contributed by atoms with Gasteiger partial charge in [0.15, 0.2) is 11.5 Å². The Morgan fingerprint density at radius 3 is 2.55 bits per heavy atom. The number of H-pyrrole nitrogens is 1. The molecule has 3 aromatic rings. The Morgan fingerprint density at radius 2 is 1.83 bits per heavy atom. The molecule has 2 heterocycles. The van der Waals surface area contributed by atoms with Crippen LogP contribution in [0.5, 0.6) is 11.5 Å². The summed E-state index contributed by atoms with van der Waals surface area (Å²) in [4.78, 5) is 29.4. The summed E-state index contributed by atoms with van der Waals surface area (Å²) < 4.78 is 11.2. The zero-order valence-electron chi connectivity index (χ0n) is 15.7. The number of aliphatic hydroxyl groups excluding tert-OH is 1. The normalized spacial score (nSPS) is 12.6. The van der Waals surface area contributed by atoms with Crippen LogP contribution in [0, 0.1) is 0 Å². The number of hydrogen-bond donors (Lipinski definition) is 3. The SMILES string of the molecule is O=C(Nc1ccccc1)N(CCO)Cc1cc2cc3c(cc2[nH]c1=O)OCCO3. The van der Waals surface area contributed by atoms with Gasteiger partial charge in [-0.3, -0.25) is 4.79 Å². The first kappa shape index (κ1) is 18.8. The van der Waals surface area contributed by atoms with Crippen molar-refractivity contribution < 1.29 is 19.4 Å². The third-order valence-corrected chi connectivity index (χ3v) is 4.63. The van der Waals surface area contributed by atoms with Crippen LogP contribution < -0.4 is 20.3 Å². The maximum absolute atomic E-state index is 12.6. The van der Waals surface area contributed by atoms with Crippen molar-refractivity contribution in [2.24, 2.45) is 0 Å². The Hall–Kier alpha value is -3.52. The Balaban J connectivity index is 1.60. The van der Waals surface area contributed by atoms with Crippen molar-refractivity contribution in [3.63, 3.8) is 0 Å². The molecular weight excluding hydrogens is 374 g/mol. The first-order chi connectivity index (χ1) is 14.1. The Morgan fingerprint density at radius 1 is 1.10 bits per heavy atom. The number of nitrogens with zero attached hydrogens (tertiary/aromatic N) is 1. The first-order valence-electron chi connectivity index (χ1n) is 9.31. The van der Waals surface area contributed by atoms with Crippen molar-refractivity contribution in [1.29, 1.82) is 0 Å². The monoisotopic (exact) mass is 395 g/mol. The molecule has 0 unspecified atom stereocenters. The molecule has 0 aliphatic carbocycles. The second-order valence-electron chi connectivity index (χ2n) is 6.65. The Bertz CT molecular complexity index is 1080. The highest BCUT2D eigenvalue weighted by molar-refractivity contribution is 5.89. The summed E-state index contributed by atoms with van der Waals surface area (Å²) in [7, 11) is 0. The molecular formula is C21H21N3O5. The second kappa shape index (κ2) is 8.24. The number of carbonyl (C=O) groups is 1. The van der Waals surface area contributed by atoms with E-state index in [9.17, 15) is 14.7 Å². The molecule has 0 atom stereocenters. The quantitative estimate of drug-likeness (QED) is 0.615. The van der Waals surface area contributed by atoms with Crippen LogP contribution in [0.2, 0.25) is 0 Å². The van der Waals surface area contributed by atoms with E-state index in [-0.39, 0.29) is 25.3 Å². The predicted octanol–water partition coefficient (Wildman–Crippen LogP) is 2.33. The fourth-order valence-corrected chi connectivity index (χ4v) is 3.21. The minimum atomic E-state index is -0.396. The van der Waals surface area contributed by atoms with E-state index in [1.54, 1.807) is 24.3 Å². The number of pyridine rings is 1. The van der Waals surface area contributed by atoms with E-state index in [0.717, 1.165) is 5.39 Å². The lowest BCUT2D eigenvalue weighted by molar-refractivity contribution is 0.172. The number of hydrogen-bond acceptors (Lipinski definition) is 5. The molecule has 29 heavy (non-hydrogen) atoms. The summed E-state index contributed by atoms with van der Waals surface area (Å²) in [6, 6.07) is 13.9. The van der Waals surface area contributed by atoms with Crippen molar-refractivity contribution in [3.05, 3.63) is 64.4 Å². The third kappa shape index (κ3) is 4.17. The van der Waals surface area contributed by atoms with Crippen LogP contribution in [0.1, 0.15) is 5.56 Å². The van der Waals surface area contributed by atoms with Gasteiger partial charge >= 0.3 is 6.03 Å². The largest absolute Gasteiger partial charge is 0.486 e. The van der Waals surface area contributed by atoms with Gasteiger partial charge in [-0.1, -0.05) is 18.2 Å². The second-order valence-corrected chi connectivity index (χ2v) is 6.65. The molecule has 0 fully saturated rings. The van der Waals surface area contributed by atoms with Gasteiger partial charge in [0.2, 0.25) is 0 Å².